The third kappa shape index (κ3) is 1.97. The van der Waals surface area contributed by atoms with Crippen molar-refractivity contribution in [3.8, 4) is 0 Å². The van der Waals surface area contributed by atoms with Crippen molar-refractivity contribution in [2.45, 2.75) is 40.5 Å². The van der Waals surface area contributed by atoms with Crippen LogP contribution < -0.4 is 0 Å². The molecule has 0 amide bonds. The van der Waals surface area contributed by atoms with Crippen molar-refractivity contribution in [3.05, 3.63) is 12.2 Å². The lowest BCUT2D eigenvalue weighted by molar-refractivity contribution is -0.126. The predicted octanol–water partition coefficient (Wildman–Crippen LogP) is 3.70. The largest absolute Gasteiger partial charge is 0.299 e. The summed E-state index contributed by atoms with van der Waals surface area (Å²) in [5.41, 5.74) is 0. The molecule has 4 atom stereocenters. The summed E-state index contributed by atoms with van der Waals surface area (Å²) in [6.07, 6.45) is 6.66. The summed E-state index contributed by atoms with van der Waals surface area (Å²) in [6.45, 7) is 8.83. The van der Waals surface area contributed by atoms with Crippen molar-refractivity contribution in [3.63, 3.8) is 0 Å². The van der Waals surface area contributed by atoms with E-state index in [0.29, 0.717) is 41.3 Å². The maximum Gasteiger partial charge on any atom is 0.137 e. The second kappa shape index (κ2) is 4.35. The van der Waals surface area contributed by atoms with Crippen LogP contribution in [0.4, 0.5) is 0 Å². The Balaban J connectivity index is 2.13. The Kier molecular flexibility index (Phi) is 3.23. The van der Waals surface area contributed by atoms with Gasteiger partial charge >= 0.3 is 0 Å². The lowest BCUT2D eigenvalue weighted by Gasteiger charge is -2.30. The lowest BCUT2D eigenvalue weighted by atomic mass is 9.73. The zero-order chi connectivity index (χ0) is 11.9. The van der Waals surface area contributed by atoms with Gasteiger partial charge in [0.05, 0.1) is 0 Å². The van der Waals surface area contributed by atoms with Crippen LogP contribution in [0.25, 0.3) is 0 Å². The van der Waals surface area contributed by atoms with Crippen LogP contribution in [0.2, 0.25) is 0 Å². The summed E-state index contributed by atoms with van der Waals surface area (Å²) in [6, 6.07) is 0. The molecule has 2 aliphatic rings. The first-order valence-electron chi connectivity index (χ1n) is 6.71. The third-order valence-corrected chi connectivity index (χ3v) is 4.27. The molecule has 2 rings (SSSR count). The van der Waals surface area contributed by atoms with E-state index in [4.69, 9.17) is 0 Å². The molecule has 0 radical (unpaired) electrons. The van der Waals surface area contributed by atoms with E-state index in [1.165, 1.54) is 6.42 Å². The van der Waals surface area contributed by atoms with Crippen LogP contribution in [-0.2, 0) is 4.79 Å². The van der Waals surface area contributed by atoms with Crippen LogP contribution in [0.15, 0.2) is 12.2 Å². The smallest absolute Gasteiger partial charge is 0.137 e. The predicted molar refractivity (Wildman–Crippen MR) is 67.0 cm³/mol. The number of hydrogen-bond donors (Lipinski definition) is 0. The van der Waals surface area contributed by atoms with Gasteiger partial charge in [-0.15, -0.1) is 0 Å². The fraction of sp³-hybridized carbons (Fsp3) is 0.800. The standard InChI is InChI=1S/C15H24O/c1-9(2)7-13(16)15-12-6-5-11(8-12)14(15)10(3)4/h5-6,9-12,14-15H,7-8H2,1-4H3/t11-,12+,14-,15?/m0/s1. The van der Waals surface area contributed by atoms with E-state index in [-0.39, 0.29) is 0 Å². The Bertz CT molecular complexity index is 301. The van der Waals surface area contributed by atoms with E-state index in [2.05, 4.69) is 39.8 Å². The summed E-state index contributed by atoms with van der Waals surface area (Å²) in [7, 11) is 0. The van der Waals surface area contributed by atoms with Gasteiger partial charge in [0.15, 0.2) is 0 Å². The monoisotopic (exact) mass is 220 g/mol. The van der Waals surface area contributed by atoms with Gasteiger partial charge in [-0.05, 0) is 36.0 Å². The van der Waals surface area contributed by atoms with E-state index in [1.807, 2.05) is 0 Å². The van der Waals surface area contributed by atoms with E-state index >= 15 is 0 Å². The zero-order valence-electron chi connectivity index (χ0n) is 10.9. The molecule has 2 bridgehead atoms. The molecule has 0 spiro atoms. The Hall–Kier alpha value is -0.590. The molecule has 1 saturated carbocycles. The Morgan fingerprint density at radius 1 is 1.19 bits per heavy atom. The summed E-state index contributed by atoms with van der Waals surface area (Å²) < 4.78 is 0. The molecule has 0 aromatic heterocycles. The molecular formula is C15H24O. The fourth-order valence-electron chi connectivity index (χ4n) is 3.76. The van der Waals surface area contributed by atoms with E-state index in [0.717, 1.165) is 6.42 Å². The first-order chi connectivity index (χ1) is 7.50. The van der Waals surface area contributed by atoms with E-state index in [9.17, 15) is 4.79 Å². The number of carbonyl (C=O) groups is 1. The van der Waals surface area contributed by atoms with Crippen LogP contribution >= 0.6 is 0 Å². The molecular weight excluding hydrogens is 196 g/mol. The highest BCUT2D eigenvalue weighted by Crippen LogP contribution is 2.51. The topological polar surface area (TPSA) is 17.1 Å². The molecule has 0 saturated heterocycles. The number of fused-ring (bicyclic) bond motifs is 2. The Labute approximate surface area is 99.3 Å². The van der Waals surface area contributed by atoms with Gasteiger partial charge < -0.3 is 0 Å². The van der Waals surface area contributed by atoms with Gasteiger partial charge in [0, 0.05) is 12.3 Å². The molecule has 0 heterocycles. The summed E-state index contributed by atoms with van der Waals surface area (Å²) in [4.78, 5) is 12.3. The quantitative estimate of drug-likeness (QED) is 0.660. The molecule has 1 unspecified atom stereocenters. The van der Waals surface area contributed by atoms with Crippen molar-refractivity contribution in [1.29, 1.82) is 0 Å². The number of ketones is 1. The number of allylic oxidation sites excluding steroid dienone is 2. The van der Waals surface area contributed by atoms with Gasteiger partial charge in [-0.3, -0.25) is 4.79 Å². The van der Waals surface area contributed by atoms with Gasteiger partial charge in [0.1, 0.15) is 5.78 Å². The van der Waals surface area contributed by atoms with Crippen molar-refractivity contribution < 1.29 is 4.79 Å². The molecule has 0 aliphatic heterocycles. The molecule has 1 fully saturated rings. The molecule has 16 heavy (non-hydrogen) atoms. The highest BCUT2D eigenvalue weighted by Gasteiger charge is 2.48. The fourth-order valence-corrected chi connectivity index (χ4v) is 3.76. The highest BCUT2D eigenvalue weighted by atomic mass is 16.1. The SMILES string of the molecule is CC(C)CC(=O)C1[C@@H](C(C)C)[C@H]2C=C[C@@H]1C2. The number of rotatable bonds is 4. The van der Waals surface area contributed by atoms with Gasteiger partial charge in [0.2, 0.25) is 0 Å². The summed E-state index contributed by atoms with van der Waals surface area (Å²) in [5.74, 6) is 3.85. The second-order valence-electron chi connectivity index (χ2n) is 6.36. The van der Waals surface area contributed by atoms with E-state index < -0.39 is 0 Å². The first kappa shape index (κ1) is 11.9. The summed E-state index contributed by atoms with van der Waals surface area (Å²) in [5, 5.41) is 0. The third-order valence-electron chi connectivity index (χ3n) is 4.27. The van der Waals surface area contributed by atoms with Crippen molar-refractivity contribution in [2.24, 2.45) is 35.5 Å². The van der Waals surface area contributed by atoms with Crippen molar-refractivity contribution in [2.75, 3.05) is 0 Å². The van der Waals surface area contributed by atoms with Crippen LogP contribution in [0, 0.1) is 35.5 Å². The van der Waals surface area contributed by atoms with Gasteiger partial charge in [-0.25, -0.2) is 0 Å². The van der Waals surface area contributed by atoms with Crippen molar-refractivity contribution >= 4 is 5.78 Å². The van der Waals surface area contributed by atoms with Crippen LogP contribution in [0.5, 0.6) is 0 Å². The van der Waals surface area contributed by atoms with Crippen LogP contribution in [-0.4, -0.2) is 5.78 Å². The number of carbonyl (C=O) groups excluding carboxylic acids is 1. The molecule has 90 valence electrons. The molecule has 0 N–H and O–H groups in total. The normalized spacial score (nSPS) is 36.6. The minimum Gasteiger partial charge on any atom is -0.299 e. The zero-order valence-corrected chi connectivity index (χ0v) is 10.9. The molecule has 0 aromatic carbocycles. The Morgan fingerprint density at radius 3 is 2.38 bits per heavy atom. The molecule has 0 aromatic rings. The first-order valence-corrected chi connectivity index (χ1v) is 6.71. The highest BCUT2D eigenvalue weighted by molar-refractivity contribution is 5.82. The van der Waals surface area contributed by atoms with Crippen LogP contribution in [0.3, 0.4) is 0 Å². The average Bonchev–Trinajstić information content (AvgIpc) is 2.74. The lowest BCUT2D eigenvalue weighted by Crippen LogP contribution is -2.31. The van der Waals surface area contributed by atoms with Crippen molar-refractivity contribution in [1.82, 2.24) is 0 Å². The van der Waals surface area contributed by atoms with Gasteiger partial charge in [-0.1, -0.05) is 39.8 Å². The van der Waals surface area contributed by atoms with Crippen LogP contribution in [0.1, 0.15) is 40.5 Å². The number of Topliss-reactive ketones (excluding diaryl/α,β-unsaturated/α-hetero) is 1. The van der Waals surface area contributed by atoms with Gasteiger partial charge in [-0.2, -0.15) is 0 Å². The maximum atomic E-state index is 12.3. The number of hydrogen-bond acceptors (Lipinski definition) is 1. The summed E-state index contributed by atoms with van der Waals surface area (Å²) >= 11 is 0. The minimum atomic E-state index is 0.331. The minimum absolute atomic E-state index is 0.331. The molecule has 1 nitrogen and oxygen atoms in total. The maximum absolute atomic E-state index is 12.3. The average molecular weight is 220 g/mol. The van der Waals surface area contributed by atoms with E-state index in [1.54, 1.807) is 0 Å². The van der Waals surface area contributed by atoms with Gasteiger partial charge in [0.25, 0.3) is 0 Å². The Morgan fingerprint density at radius 2 is 1.81 bits per heavy atom. The second-order valence-corrected chi connectivity index (χ2v) is 6.36. The molecule has 1 heteroatoms. The molecule has 2 aliphatic carbocycles.